The summed E-state index contributed by atoms with van der Waals surface area (Å²) in [4.78, 5) is 58.4. The lowest BCUT2D eigenvalue weighted by molar-refractivity contribution is -0.146. The van der Waals surface area contributed by atoms with E-state index in [-0.39, 0.29) is 12.0 Å². The van der Waals surface area contributed by atoms with Crippen molar-refractivity contribution < 1.29 is 14.4 Å². The fraction of sp³-hybridized carbons (Fsp3) is 0.227. The number of rotatable bonds is 0. The first-order valence-electron chi connectivity index (χ1n) is 10.0. The van der Waals surface area contributed by atoms with Crippen LogP contribution in [-0.4, -0.2) is 33.8 Å². The van der Waals surface area contributed by atoms with Crippen molar-refractivity contribution in [2.75, 3.05) is 11.4 Å². The summed E-state index contributed by atoms with van der Waals surface area (Å²) in [6.45, 7) is 0.486. The predicted octanol–water partition coefficient (Wildman–Crippen LogP) is 0.707. The lowest BCUT2D eigenvalue weighted by atomic mass is 9.65. The first-order valence-corrected chi connectivity index (χ1v) is 10.0. The maximum atomic E-state index is 13.4. The van der Waals surface area contributed by atoms with Crippen LogP contribution < -0.4 is 21.1 Å². The zero-order chi connectivity index (χ0) is 21.3. The highest BCUT2D eigenvalue weighted by Gasteiger charge is 2.62. The molecule has 0 saturated carbocycles. The lowest BCUT2D eigenvalue weighted by Gasteiger charge is -2.51. The Morgan fingerprint density at radius 2 is 1.71 bits per heavy atom. The Hall–Kier alpha value is -4.01. The summed E-state index contributed by atoms with van der Waals surface area (Å²) in [6.07, 6.45) is 2.15. The average molecular weight is 415 g/mol. The number of carbonyl (C=O) groups excluding carboxylic acids is 3. The van der Waals surface area contributed by atoms with E-state index in [9.17, 15) is 19.2 Å². The third-order valence-electron chi connectivity index (χ3n) is 6.55. The second-order valence-corrected chi connectivity index (χ2v) is 8.08. The number of fused-ring (bicyclic) bond motifs is 7. The Balaban J connectivity index is 1.68. The minimum atomic E-state index is -1.67. The van der Waals surface area contributed by atoms with Gasteiger partial charge in [-0.25, -0.2) is 9.78 Å². The van der Waals surface area contributed by atoms with Crippen LogP contribution in [0, 0.1) is 5.41 Å². The van der Waals surface area contributed by atoms with Crippen LogP contribution in [-0.2, 0) is 22.4 Å². The number of nitrogens with one attached hydrogen (secondary N) is 2. The van der Waals surface area contributed by atoms with Crippen LogP contribution >= 0.6 is 0 Å². The molecule has 0 unspecified atom stereocenters. The van der Waals surface area contributed by atoms with Crippen molar-refractivity contribution in [2.45, 2.75) is 18.9 Å². The fourth-order valence-electron chi connectivity index (χ4n) is 5.18. The van der Waals surface area contributed by atoms with Gasteiger partial charge in [-0.15, -0.1) is 0 Å². The molecule has 9 nitrogen and oxygen atoms in total. The zero-order valence-corrected chi connectivity index (χ0v) is 16.3. The van der Waals surface area contributed by atoms with Gasteiger partial charge in [-0.05, 0) is 29.7 Å². The predicted molar refractivity (Wildman–Crippen MR) is 110 cm³/mol. The number of amides is 4. The molecule has 1 saturated heterocycles. The van der Waals surface area contributed by atoms with Gasteiger partial charge in [0.15, 0.2) is 5.41 Å². The van der Waals surface area contributed by atoms with Crippen LogP contribution in [0.25, 0.3) is 5.65 Å². The molecule has 0 aliphatic carbocycles. The van der Waals surface area contributed by atoms with Gasteiger partial charge in [-0.3, -0.25) is 29.4 Å². The highest BCUT2D eigenvalue weighted by molar-refractivity contribution is 6.20. The molecule has 5 heterocycles. The number of pyridine rings is 1. The van der Waals surface area contributed by atoms with Gasteiger partial charge >= 0.3 is 6.03 Å². The Bertz CT molecular complexity index is 1360. The number of barbiturate groups is 1. The quantitative estimate of drug-likeness (QED) is 0.523. The number of benzene rings is 1. The Kier molecular flexibility index (Phi) is 3.45. The normalized spacial score (nSPS) is 21.2. The molecule has 4 amide bonds. The van der Waals surface area contributed by atoms with Crippen molar-refractivity contribution in [1.29, 1.82) is 0 Å². The van der Waals surface area contributed by atoms with Crippen LogP contribution in [0.1, 0.15) is 22.7 Å². The average Bonchev–Trinajstić information content (AvgIpc) is 2.77. The Labute approximate surface area is 175 Å². The van der Waals surface area contributed by atoms with Crippen LogP contribution in [0.5, 0.6) is 0 Å². The number of anilines is 1. The van der Waals surface area contributed by atoms with Crippen molar-refractivity contribution in [3.63, 3.8) is 0 Å². The highest BCUT2D eigenvalue weighted by atomic mass is 16.2. The summed E-state index contributed by atoms with van der Waals surface area (Å²) in [5, 5.41) is 4.51. The molecule has 154 valence electrons. The maximum absolute atomic E-state index is 13.4. The Morgan fingerprint density at radius 3 is 2.52 bits per heavy atom. The molecule has 0 radical (unpaired) electrons. The molecule has 3 aromatic rings. The van der Waals surface area contributed by atoms with Crippen molar-refractivity contribution >= 4 is 29.3 Å². The van der Waals surface area contributed by atoms with Crippen molar-refractivity contribution in [1.82, 2.24) is 20.0 Å². The van der Waals surface area contributed by atoms with Gasteiger partial charge in [0.2, 0.25) is 11.8 Å². The minimum Gasteiger partial charge on any atom is -0.347 e. The maximum Gasteiger partial charge on any atom is 0.328 e. The van der Waals surface area contributed by atoms with Crippen LogP contribution in [0.4, 0.5) is 10.6 Å². The van der Waals surface area contributed by atoms with Gasteiger partial charge in [0.25, 0.3) is 5.56 Å². The molecule has 1 atom stereocenters. The standard InChI is InChI=1S/C22H17N5O4/c28-18-14-11-22(19(29)24-21(31)25-20(22)30)16-13-6-2-1-5-12(13)8-10-27(16)17(14)23-15-7-3-4-9-26(15)18/h1-7,9,16H,8,10-11H2,(H2,24,25,29,30,31)/t16-/m0/s1. The molecule has 1 spiro atoms. The van der Waals surface area contributed by atoms with E-state index in [1.807, 2.05) is 29.2 Å². The number of urea groups is 1. The topological polar surface area (TPSA) is 113 Å². The van der Waals surface area contributed by atoms with Crippen molar-refractivity contribution in [3.05, 3.63) is 75.7 Å². The summed E-state index contributed by atoms with van der Waals surface area (Å²) >= 11 is 0. The zero-order valence-electron chi connectivity index (χ0n) is 16.3. The van der Waals surface area contributed by atoms with Gasteiger partial charge in [0.1, 0.15) is 11.5 Å². The highest BCUT2D eigenvalue weighted by Crippen LogP contribution is 2.51. The molecule has 0 bridgehead atoms. The smallest absolute Gasteiger partial charge is 0.328 e. The van der Waals surface area contributed by atoms with Gasteiger partial charge in [0, 0.05) is 19.2 Å². The van der Waals surface area contributed by atoms with E-state index in [2.05, 4.69) is 10.6 Å². The number of carbonyl (C=O) groups is 3. The van der Waals surface area contributed by atoms with Crippen LogP contribution in [0.2, 0.25) is 0 Å². The van der Waals surface area contributed by atoms with Gasteiger partial charge in [0.05, 0.1) is 11.6 Å². The van der Waals surface area contributed by atoms with Crippen LogP contribution in [0.15, 0.2) is 53.5 Å². The lowest BCUT2D eigenvalue weighted by Crippen LogP contribution is -2.69. The van der Waals surface area contributed by atoms with Gasteiger partial charge in [-0.2, -0.15) is 0 Å². The number of hydrogen-bond acceptors (Lipinski definition) is 6. The first kappa shape index (κ1) is 17.8. The molecule has 2 N–H and O–H groups in total. The SMILES string of the molecule is O=C1NC(=O)C2(Cc3c(nc4ccccn4c3=O)N3CCc4ccccc4[C@H]32)C(=O)N1. The van der Waals surface area contributed by atoms with E-state index in [0.29, 0.717) is 30.0 Å². The molecule has 3 aliphatic rings. The summed E-state index contributed by atoms with van der Waals surface area (Å²) in [6, 6.07) is 11.4. The third kappa shape index (κ3) is 2.23. The van der Waals surface area contributed by atoms with Crippen molar-refractivity contribution in [2.24, 2.45) is 5.41 Å². The van der Waals surface area contributed by atoms with E-state index in [4.69, 9.17) is 4.98 Å². The second kappa shape index (κ2) is 6.00. The summed E-state index contributed by atoms with van der Waals surface area (Å²) in [5.74, 6) is -0.911. The van der Waals surface area contributed by atoms with Crippen molar-refractivity contribution in [3.8, 4) is 0 Å². The summed E-state index contributed by atoms with van der Waals surface area (Å²) < 4.78 is 1.41. The first-order chi connectivity index (χ1) is 15.0. The molecule has 1 aromatic carbocycles. The fourth-order valence-corrected chi connectivity index (χ4v) is 5.18. The van der Waals surface area contributed by atoms with E-state index < -0.39 is 29.3 Å². The largest absolute Gasteiger partial charge is 0.347 e. The molecule has 3 aliphatic heterocycles. The van der Waals surface area contributed by atoms with E-state index in [1.54, 1.807) is 24.4 Å². The molecular weight excluding hydrogens is 398 g/mol. The van der Waals surface area contributed by atoms with E-state index in [0.717, 1.165) is 11.1 Å². The third-order valence-corrected chi connectivity index (χ3v) is 6.55. The van der Waals surface area contributed by atoms with Gasteiger partial charge < -0.3 is 4.90 Å². The summed E-state index contributed by atoms with van der Waals surface area (Å²) in [5.41, 5.74) is 0.651. The summed E-state index contributed by atoms with van der Waals surface area (Å²) in [7, 11) is 0. The molecule has 31 heavy (non-hydrogen) atoms. The molecule has 6 rings (SSSR count). The van der Waals surface area contributed by atoms with E-state index in [1.165, 1.54) is 4.40 Å². The minimum absolute atomic E-state index is 0.146. The molecule has 1 fully saturated rings. The van der Waals surface area contributed by atoms with E-state index >= 15 is 0 Å². The van der Waals surface area contributed by atoms with Gasteiger partial charge in [-0.1, -0.05) is 30.3 Å². The number of imide groups is 2. The monoisotopic (exact) mass is 415 g/mol. The molecular formula is C22H17N5O4. The molecule has 2 aromatic heterocycles. The number of hydrogen-bond donors (Lipinski definition) is 2. The number of nitrogens with zero attached hydrogens (tertiary/aromatic N) is 3. The van der Waals surface area contributed by atoms with Crippen LogP contribution in [0.3, 0.4) is 0 Å². The molecule has 9 heteroatoms. The second-order valence-electron chi connectivity index (χ2n) is 8.08. The Morgan fingerprint density at radius 1 is 0.968 bits per heavy atom. The number of aromatic nitrogens is 2.